The Bertz CT molecular complexity index is 240. The van der Waals surface area contributed by atoms with E-state index in [4.69, 9.17) is 0 Å². The number of nitrogens with zero attached hydrogens (tertiary/aromatic N) is 1. The molecule has 0 spiro atoms. The van der Waals surface area contributed by atoms with E-state index < -0.39 is 0 Å². The van der Waals surface area contributed by atoms with E-state index in [2.05, 4.69) is 50.2 Å². The largest absolute Gasteiger partial charge is 1.00 e. The minimum Gasteiger partial charge on any atom is -1.00 e. The van der Waals surface area contributed by atoms with Gasteiger partial charge in [0.2, 0.25) is 0 Å². The third-order valence-electron chi connectivity index (χ3n) is 1.90. The van der Waals surface area contributed by atoms with E-state index >= 15 is 0 Å². The topological polar surface area (TPSA) is 15.9 Å². The average Bonchev–Trinajstić information content (AvgIpc) is 2.46. The van der Waals surface area contributed by atoms with Crippen LogP contribution in [0.15, 0.2) is 24.4 Å². The van der Waals surface area contributed by atoms with Crippen LogP contribution in [0.2, 0.25) is 0 Å². The van der Waals surface area contributed by atoms with Gasteiger partial charge < -0.3 is 17.0 Å². The number of nitrogens with one attached hydrogen (secondary N) is 1. The molecule has 0 saturated heterocycles. The molecule has 0 amide bonds. The summed E-state index contributed by atoms with van der Waals surface area (Å²) in [5.41, 5.74) is 0. The zero-order chi connectivity index (χ0) is 7.68. The van der Waals surface area contributed by atoms with Gasteiger partial charge in [-0.1, -0.05) is 22.0 Å². The van der Waals surface area contributed by atoms with Crippen LogP contribution in [-0.4, -0.2) is 11.4 Å². The Morgan fingerprint density at radius 3 is 3.08 bits per heavy atom. The van der Waals surface area contributed by atoms with Crippen molar-refractivity contribution in [1.29, 1.82) is 0 Å². The van der Waals surface area contributed by atoms with Gasteiger partial charge in [0.25, 0.3) is 5.82 Å². The monoisotopic (exact) mass is 292 g/mol. The van der Waals surface area contributed by atoms with Gasteiger partial charge in [-0.2, -0.15) is 0 Å². The highest BCUT2D eigenvalue weighted by Crippen LogP contribution is 2.10. The number of anilines is 1. The molecule has 0 bridgehead atoms. The fourth-order valence-electron chi connectivity index (χ4n) is 1.35. The van der Waals surface area contributed by atoms with Crippen molar-refractivity contribution < 1.29 is 21.5 Å². The molecule has 1 aliphatic rings. The van der Waals surface area contributed by atoms with Gasteiger partial charge in [0.15, 0.2) is 0 Å². The molecule has 1 atom stereocenters. The summed E-state index contributed by atoms with van der Waals surface area (Å²) < 4.78 is 2.23. The van der Waals surface area contributed by atoms with Gasteiger partial charge in [0.05, 0.1) is 6.20 Å². The Morgan fingerprint density at radius 2 is 2.42 bits per heavy atom. The molecule has 0 aliphatic carbocycles. The molecule has 1 unspecified atom stereocenters. The molecule has 4 heteroatoms. The smallest absolute Gasteiger partial charge is 0.274 e. The summed E-state index contributed by atoms with van der Waals surface area (Å²) >= 11 is 3.46. The van der Waals surface area contributed by atoms with Crippen molar-refractivity contribution in [3.8, 4) is 0 Å². The van der Waals surface area contributed by atoms with Crippen molar-refractivity contribution in [2.24, 2.45) is 0 Å². The van der Waals surface area contributed by atoms with Gasteiger partial charge in [-0.15, -0.1) is 0 Å². The molecule has 2 nitrogen and oxygen atoms in total. The zero-order valence-corrected chi connectivity index (χ0v) is 9.68. The molecular formula is C8H10Br2N2. The van der Waals surface area contributed by atoms with Crippen LogP contribution >= 0.6 is 15.9 Å². The van der Waals surface area contributed by atoms with Crippen LogP contribution in [0.25, 0.3) is 0 Å². The fraction of sp³-hybridized carbons (Fsp3) is 0.375. The molecule has 1 aromatic rings. The van der Waals surface area contributed by atoms with E-state index in [9.17, 15) is 0 Å². The van der Waals surface area contributed by atoms with Gasteiger partial charge >= 0.3 is 0 Å². The Morgan fingerprint density at radius 1 is 1.58 bits per heavy atom. The minimum absolute atomic E-state index is 0. The third kappa shape index (κ3) is 1.80. The van der Waals surface area contributed by atoms with Crippen molar-refractivity contribution in [3.63, 3.8) is 0 Å². The number of hydrogen-bond acceptors (Lipinski definition) is 1. The van der Waals surface area contributed by atoms with Crippen LogP contribution in [0.3, 0.4) is 0 Å². The normalized spacial score (nSPS) is 19.2. The van der Waals surface area contributed by atoms with Gasteiger partial charge in [0, 0.05) is 11.4 Å². The molecule has 0 fully saturated rings. The molecule has 2 heterocycles. The summed E-state index contributed by atoms with van der Waals surface area (Å²) in [6, 6.07) is 6.76. The summed E-state index contributed by atoms with van der Waals surface area (Å²) in [7, 11) is 0. The number of rotatable bonds is 1. The highest BCUT2D eigenvalue weighted by molar-refractivity contribution is 9.09. The first-order valence-corrected chi connectivity index (χ1v) is 4.83. The summed E-state index contributed by atoms with van der Waals surface area (Å²) in [5.74, 6) is 1.22. The predicted molar refractivity (Wildman–Crippen MR) is 47.8 cm³/mol. The van der Waals surface area contributed by atoms with Crippen LogP contribution < -0.4 is 26.9 Å². The first-order valence-electron chi connectivity index (χ1n) is 3.71. The standard InChI is InChI=1S/C8H9BrN2.BrH/c9-5-7-6-11-4-2-1-3-8(11)10-7;/h1-4,7H,5-6H2;1H. The first-order chi connectivity index (χ1) is 5.40. The molecular weight excluding hydrogens is 284 g/mol. The second-order valence-corrected chi connectivity index (χ2v) is 3.38. The average molecular weight is 294 g/mol. The predicted octanol–water partition coefficient (Wildman–Crippen LogP) is -1.83. The van der Waals surface area contributed by atoms with E-state index in [-0.39, 0.29) is 17.0 Å². The van der Waals surface area contributed by atoms with E-state index in [0.717, 1.165) is 11.9 Å². The number of fused-ring (bicyclic) bond motifs is 1. The van der Waals surface area contributed by atoms with Gasteiger partial charge in [-0.25, -0.2) is 4.57 Å². The van der Waals surface area contributed by atoms with Gasteiger partial charge in [-0.05, 0) is 6.07 Å². The maximum absolute atomic E-state index is 3.46. The molecule has 1 N–H and O–H groups in total. The summed E-state index contributed by atoms with van der Waals surface area (Å²) in [6.45, 7) is 1.07. The Balaban J connectivity index is 0.000000720. The van der Waals surface area contributed by atoms with Crippen LogP contribution in [0.5, 0.6) is 0 Å². The first kappa shape index (κ1) is 9.99. The maximum Gasteiger partial charge on any atom is 0.274 e. The van der Waals surface area contributed by atoms with Crippen molar-refractivity contribution in [3.05, 3.63) is 24.4 Å². The summed E-state index contributed by atoms with van der Waals surface area (Å²) in [5, 5.41) is 4.41. The van der Waals surface area contributed by atoms with Crippen LogP contribution in [0.4, 0.5) is 5.82 Å². The minimum atomic E-state index is 0. The lowest BCUT2D eigenvalue weighted by molar-refractivity contribution is -0.673. The second-order valence-electron chi connectivity index (χ2n) is 2.73. The third-order valence-corrected chi connectivity index (χ3v) is 2.68. The van der Waals surface area contributed by atoms with E-state index in [0.29, 0.717) is 6.04 Å². The lowest BCUT2D eigenvalue weighted by atomic mass is 10.4. The Hall–Kier alpha value is -0.0900. The molecule has 12 heavy (non-hydrogen) atoms. The number of halogens is 2. The lowest BCUT2D eigenvalue weighted by Gasteiger charge is -1.94. The zero-order valence-electron chi connectivity index (χ0n) is 6.50. The van der Waals surface area contributed by atoms with E-state index in [1.165, 1.54) is 5.82 Å². The number of hydrogen-bond donors (Lipinski definition) is 1. The second kappa shape index (κ2) is 4.23. The Kier molecular flexibility index (Phi) is 3.53. The van der Waals surface area contributed by atoms with Gasteiger partial charge in [0.1, 0.15) is 12.6 Å². The SMILES string of the molecule is BrCC1C[n+]2ccccc2N1.[Br-]. The highest BCUT2D eigenvalue weighted by Gasteiger charge is 2.25. The molecule has 1 aliphatic heterocycles. The molecule has 1 aromatic heterocycles. The van der Waals surface area contributed by atoms with Crippen LogP contribution in [0.1, 0.15) is 0 Å². The van der Waals surface area contributed by atoms with Crippen LogP contribution in [-0.2, 0) is 6.54 Å². The molecule has 66 valence electrons. The van der Waals surface area contributed by atoms with Crippen molar-refractivity contribution in [2.75, 3.05) is 10.6 Å². The number of aromatic nitrogens is 1. The van der Waals surface area contributed by atoms with Crippen molar-refractivity contribution in [2.45, 2.75) is 12.6 Å². The summed E-state index contributed by atoms with van der Waals surface area (Å²) in [6.07, 6.45) is 2.10. The van der Waals surface area contributed by atoms with Gasteiger partial charge in [-0.3, -0.25) is 5.32 Å². The lowest BCUT2D eigenvalue weighted by Crippen LogP contribution is -3.00. The number of alkyl halides is 1. The molecule has 2 rings (SSSR count). The van der Waals surface area contributed by atoms with Crippen LogP contribution in [0, 0.1) is 0 Å². The van der Waals surface area contributed by atoms with E-state index in [1.54, 1.807) is 0 Å². The molecule has 0 radical (unpaired) electrons. The maximum atomic E-state index is 3.46. The fourth-order valence-corrected chi connectivity index (χ4v) is 1.71. The molecule has 0 aromatic carbocycles. The van der Waals surface area contributed by atoms with Crippen molar-refractivity contribution in [1.82, 2.24) is 0 Å². The number of pyridine rings is 1. The summed E-state index contributed by atoms with van der Waals surface area (Å²) in [4.78, 5) is 0. The quantitative estimate of drug-likeness (QED) is 0.476. The Labute approximate surface area is 90.9 Å². The van der Waals surface area contributed by atoms with Crippen molar-refractivity contribution >= 4 is 21.7 Å². The molecule has 0 saturated carbocycles. The highest BCUT2D eigenvalue weighted by atomic mass is 79.9. The van der Waals surface area contributed by atoms with E-state index in [1.807, 2.05) is 0 Å².